The number of halogens is 1. The molecule has 0 saturated carbocycles. The van der Waals surface area contributed by atoms with Gasteiger partial charge in [0.15, 0.2) is 0 Å². The van der Waals surface area contributed by atoms with Gasteiger partial charge in [-0.2, -0.15) is 0 Å². The summed E-state index contributed by atoms with van der Waals surface area (Å²) in [5, 5.41) is 2.86. The van der Waals surface area contributed by atoms with E-state index in [0.29, 0.717) is 6.04 Å². The van der Waals surface area contributed by atoms with Gasteiger partial charge in [0.1, 0.15) is 6.04 Å². The number of amides is 1. The molecule has 1 saturated heterocycles. The summed E-state index contributed by atoms with van der Waals surface area (Å²) < 4.78 is 0.995. The van der Waals surface area contributed by atoms with Crippen molar-refractivity contribution in [3.05, 3.63) is 22.2 Å². The lowest BCUT2D eigenvalue weighted by Crippen LogP contribution is -2.42. The van der Waals surface area contributed by atoms with Crippen molar-refractivity contribution in [2.45, 2.75) is 24.9 Å². The first kappa shape index (κ1) is 14.8. The van der Waals surface area contributed by atoms with Crippen LogP contribution in [0.1, 0.15) is 24.4 Å². The van der Waals surface area contributed by atoms with Crippen LogP contribution in [0.2, 0.25) is 0 Å². The summed E-state index contributed by atoms with van der Waals surface area (Å²) in [5.74, 6) is -0.129. The van der Waals surface area contributed by atoms with E-state index in [1.807, 2.05) is 12.1 Å². The summed E-state index contributed by atoms with van der Waals surface area (Å²) in [6.07, 6.45) is 2.31. The first-order valence-electron chi connectivity index (χ1n) is 7.28. The quantitative estimate of drug-likeness (QED) is 0.853. The fraction of sp³-hybridized carbons (Fsp3) is 0.533. The van der Waals surface area contributed by atoms with E-state index < -0.39 is 6.04 Å². The van der Waals surface area contributed by atoms with Crippen molar-refractivity contribution in [3.63, 3.8) is 0 Å². The summed E-state index contributed by atoms with van der Waals surface area (Å²) in [5.41, 5.74) is 8.71. The molecule has 0 aliphatic carbocycles. The van der Waals surface area contributed by atoms with Crippen LogP contribution in [0, 0.1) is 0 Å². The number of benzene rings is 1. The topological polar surface area (TPSA) is 61.6 Å². The third kappa shape index (κ3) is 2.67. The number of anilines is 2. The van der Waals surface area contributed by atoms with E-state index in [0.717, 1.165) is 47.3 Å². The molecule has 2 heterocycles. The Morgan fingerprint density at radius 2 is 2.05 bits per heavy atom. The molecule has 2 aliphatic rings. The number of nitrogens with two attached hydrogens (primary N) is 1. The number of nitrogens with zero attached hydrogens (tertiary/aromatic N) is 2. The van der Waals surface area contributed by atoms with Crippen molar-refractivity contribution in [2.24, 2.45) is 5.73 Å². The first-order chi connectivity index (χ1) is 9.97. The molecule has 1 atom stereocenters. The first-order valence-corrected chi connectivity index (χ1v) is 8.08. The highest BCUT2D eigenvalue weighted by Crippen LogP contribution is 2.39. The van der Waals surface area contributed by atoms with E-state index in [2.05, 4.69) is 45.1 Å². The van der Waals surface area contributed by atoms with Crippen molar-refractivity contribution in [2.75, 3.05) is 37.4 Å². The summed E-state index contributed by atoms with van der Waals surface area (Å²) >= 11 is 3.63. The lowest BCUT2D eigenvalue weighted by molar-refractivity contribution is -0.116. The van der Waals surface area contributed by atoms with Crippen molar-refractivity contribution in [1.82, 2.24) is 4.90 Å². The number of likely N-dealkylation sites (tertiary alicyclic amines) is 1. The standard InChI is InChI=1S/C15H21BrN4O/c1-19-5-3-9(4-6-19)20(2)13-8-12-10(7-11(13)16)14(17)15(21)18-12/h7-9,14H,3-6,17H2,1-2H3,(H,18,21). The molecule has 1 aromatic carbocycles. The number of carbonyl (C=O) groups is 1. The number of carbonyl (C=O) groups excluding carboxylic acids is 1. The fourth-order valence-electron chi connectivity index (χ4n) is 3.14. The Kier molecular flexibility index (Phi) is 3.94. The molecule has 3 N–H and O–H groups in total. The Morgan fingerprint density at radius 1 is 1.38 bits per heavy atom. The Bertz CT molecular complexity index is 569. The molecule has 0 bridgehead atoms. The third-order valence-electron chi connectivity index (χ3n) is 4.61. The van der Waals surface area contributed by atoms with Gasteiger partial charge >= 0.3 is 0 Å². The van der Waals surface area contributed by atoms with Crippen LogP contribution in [0.15, 0.2) is 16.6 Å². The lowest BCUT2D eigenvalue weighted by atomic mass is 10.0. The van der Waals surface area contributed by atoms with E-state index in [1.54, 1.807) is 0 Å². The molecular formula is C15H21BrN4O. The molecule has 6 heteroatoms. The van der Waals surface area contributed by atoms with Gasteiger partial charge in [-0.25, -0.2) is 0 Å². The number of nitrogens with one attached hydrogen (secondary N) is 1. The lowest BCUT2D eigenvalue weighted by Gasteiger charge is -2.37. The van der Waals surface area contributed by atoms with Gasteiger partial charge in [-0.15, -0.1) is 0 Å². The Labute approximate surface area is 133 Å². The molecule has 21 heavy (non-hydrogen) atoms. The van der Waals surface area contributed by atoms with Crippen LogP contribution in [-0.2, 0) is 4.79 Å². The van der Waals surface area contributed by atoms with Gasteiger partial charge < -0.3 is 20.9 Å². The van der Waals surface area contributed by atoms with Crippen molar-refractivity contribution < 1.29 is 4.79 Å². The smallest absolute Gasteiger partial charge is 0.245 e. The molecular weight excluding hydrogens is 332 g/mol. The molecule has 0 aromatic heterocycles. The second-order valence-corrected chi connectivity index (χ2v) is 6.86. The van der Waals surface area contributed by atoms with Crippen molar-refractivity contribution in [1.29, 1.82) is 0 Å². The van der Waals surface area contributed by atoms with E-state index in [4.69, 9.17) is 5.73 Å². The summed E-state index contributed by atoms with van der Waals surface area (Å²) in [6, 6.07) is 3.97. The molecule has 5 nitrogen and oxygen atoms in total. The highest BCUT2D eigenvalue weighted by Gasteiger charge is 2.30. The van der Waals surface area contributed by atoms with E-state index in [9.17, 15) is 4.79 Å². The number of rotatable bonds is 2. The average Bonchev–Trinajstić information content (AvgIpc) is 2.73. The maximum atomic E-state index is 11.7. The van der Waals surface area contributed by atoms with Crippen LogP contribution in [0.5, 0.6) is 0 Å². The van der Waals surface area contributed by atoms with Crippen LogP contribution in [-0.4, -0.2) is 44.0 Å². The predicted molar refractivity (Wildman–Crippen MR) is 88.6 cm³/mol. The van der Waals surface area contributed by atoms with Crippen LogP contribution in [0.25, 0.3) is 0 Å². The molecule has 1 aromatic rings. The summed E-state index contributed by atoms with van der Waals surface area (Å²) in [6.45, 7) is 2.25. The van der Waals surface area contributed by atoms with Crippen LogP contribution < -0.4 is 16.0 Å². The molecule has 0 radical (unpaired) electrons. The maximum absolute atomic E-state index is 11.7. The normalized spacial score (nSPS) is 23.0. The van der Waals surface area contributed by atoms with Gasteiger partial charge in [0, 0.05) is 28.8 Å². The highest BCUT2D eigenvalue weighted by atomic mass is 79.9. The zero-order valence-corrected chi connectivity index (χ0v) is 14.0. The Morgan fingerprint density at radius 3 is 2.71 bits per heavy atom. The monoisotopic (exact) mass is 352 g/mol. The zero-order chi connectivity index (χ0) is 15.1. The minimum absolute atomic E-state index is 0.129. The predicted octanol–water partition coefficient (Wildman–Crippen LogP) is 1.93. The number of hydrogen-bond acceptors (Lipinski definition) is 4. The van der Waals surface area contributed by atoms with Gasteiger partial charge in [-0.3, -0.25) is 4.79 Å². The Balaban J connectivity index is 1.86. The van der Waals surface area contributed by atoms with Crippen molar-refractivity contribution in [3.8, 4) is 0 Å². The minimum atomic E-state index is -0.556. The second kappa shape index (κ2) is 5.59. The van der Waals surface area contributed by atoms with Gasteiger partial charge in [-0.05, 0) is 61.0 Å². The fourth-order valence-corrected chi connectivity index (χ4v) is 3.78. The van der Waals surface area contributed by atoms with Crippen molar-refractivity contribution >= 4 is 33.2 Å². The molecule has 0 spiro atoms. The molecule has 114 valence electrons. The number of hydrogen-bond donors (Lipinski definition) is 2. The molecule has 2 aliphatic heterocycles. The molecule has 3 rings (SSSR count). The maximum Gasteiger partial charge on any atom is 0.245 e. The SMILES string of the molecule is CN1CCC(N(C)c2cc3c(cc2Br)C(N)C(=O)N3)CC1. The van der Waals surface area contributed by atoms with Crippen LogP contribution >= 0.6 is 15.9 Å². The molecule has 1 amide bonds. The summed E-state index contributed by atoms with van der Waals surface area (Å²) in [7, 11) is 4.29. The van der Waals surface area contributed by atoms with Crippen LogP contribution in [0.3, 0.4) is 0 Å². The zero-order valence-electron chi connectivity index (χ0n) is 12.4. The van der Waals surface area contributed by atoms with Gasteiger partial charge in [-0.1, -0.05) is 0 Å². The highest BCUT2D eigenvalue weighted by molar-refractivity contribution is 9.10. The van der Waals surface area contributed by atoms with Gasteiger partial charge in [0.25, 0.3) is 0 Å². The largest absolute Gasteiger partial charge is 0.371 e. The number of fused-ring (bicyclic) bond motifs is 1. The minimum Gasteiger partial charge on any atom is -0.371 e. The van der Waals surface area contributed by atoms with Crippen LogP contribution in [0.4, 0.5) is 11.4 Å². The summed E-state index contributed by atoms with van der Waals surface area (Å²) in [4.78, 5) is 16.4. The molecule has 1 fully saturated rings. The van der Waals surface area contributed by atoms with Gasteiger partial charge in [0.2, 0.25) is 5.91 Å². The third-order valence-corrected chi connectivity index (χ3v) is 5.25. The number of piperidine rings is 1. The Hall–Kier alpha value is -1.11. The van der Waals surface area contributed by atoms with E-state index >= 15 is 0 Å². The second-order valence-electron chi connectivity index (χ2n) is 6.00. The van der Waals surface area contributed by atoms with Gasteiger partial charge in [0.05, 0.1) is 5.69 Å². The average molecular weight is 353 g/mol. The van der Waals surface area contributed by atoms with E-state index in [-0.39, 0.29) is 5.91 Å². The molecule has 1 unspecified atom stereocenters. The van der Waals surface area contributed by atoms with E-state index in [1.165, 1.54) is 0 Å².